The van der Waals surface area contributed by atoms with E-state index >= 15 is 0 Å². The summed E-state index contributed by atoms with van der Waals surface area (Å²) in [5.41, 5.74) is 2.30. The fraction of sp³-hybridized carbons (Fsp3) is 0.350. The average Bonchev–Trinajstić information content (AvgIpc) is 2.65. The maximum Gasteiger partial charge on any atom is 0.244 e. The van der Waals surface area contributed by atoms with Crippen molar-refractivity contribution in [3.05, 3.63) is 46.7 Å². The number of hydrogen-bond acceptors (Lipinski definition) is 4. The number of nitrogens with zero attached hydrogens (tertiary/aromatic N) is 1. The fourth-order valence-electron chi connectivity index (χ4n) is 3.34. The Morgan fingerprint density at radius 3 is 2.70 bits per heavy atom. The number of anilines is 2. The number of methoxy groups -OCH3 is 2. The zero-order chi connectivity index (χ0) is 19.6. The van der Waals surface area contributed by atoms with Crippen LogP contribution in [-0.2, 0) is 11.2 Å². The molecular formula is C20H22ClFN2O3. The van der Waals surface area contributed by atoms with Gasteiger partial charge in [-0.1, -0.05) is 11.6 Å². The molecular weight excluding hydrogens is 371 g/mol. The second-order valence-electron chi connectivity index (χ2n) is 6.52. The molecule has 0 saturated heterocycles. The molecule has 2 aromatic rings. The quantitative estimate of drug-likeness (QED) is 0.825. The minimum atomic E-state index is -0.259. The second-order valence-corrected chi connectivity index (χ2v) is 6.93. The summed E-state index contributed by atoms with van der Waals surface area (Å²) in [6, 6.07) is 8.10. The topological polar surface area (TPSA) is 50.8 Å². The van der Waals surface area contributed by atoms with Gasteiger partial charge >= 0.3 is 0 Å². The fourth-order valence-corrected chi connectivity index (χ4v) is 3.57. The van der Waals surface area contributed by atoms with E-state index in [9.17, 15) is 9.18 Å². The Labute approximate surface area is 163 Å². The molecule has 0 saturated carbocycles. The lowest BCUT2D eigenvalue weighted by molar-refractivity contribution is -0.115. The first kappa shape index (κ1) is 19.3. The van der Waals surface area contributed by atoms with Gasteiger partial charge in [-0.3, -0.25) is 4.79 Å². The number of hydrogen-bond donors (Lipinski definition) is 1. The van der Waals surface area contributed by atoms with Gasteiger partial charge < -0.3 is 19.7 Å². The molecule has 1 heterocycles. The normalized spacial score (nSPS) is 15.9. The summed E-state index contributed by atoms with van der Waals surface area (Å²) in [6.07, 6.45) is 1.66. The Morgan fingerprint density at radius 1 is 1.26 bits per heavy atom. The molecule has 1 aliphatic heterocycles. The highest BCUT2D eigenvalue weighted by Crippen LogP contribution is 2.36. The van der Waals surface area contributed by atoms with Gasteiger partial charge in [-0.15, -0.1) is 0 Å². The van der Waals surface area contributed by atoms with Crippen LogP contribution in [0, 0.1) is 5.82 Å². The lowest BCUT2D eigenvalue weighted by Crippen LogP contribution is -2.42. The van der Waals surface area contributed by atoms with Gasteiger partial charge in [0.1, 0.15) is 17.3 Å². The first-order chi connectivity index (χ1) is 12.9. The van der Waals surface area contributed by atoms with Crippen LogP contribution in [0.3, 0.4) is 0 Å². The summed E-state index contributed by atoms with van der Waals surface area (Å²) in [5, 5.41) is 3.25. The van der Waals surface area contributed by atoms with Gasteiger partial charge in [0.2, 0.25) is 5.91 Å². The molecule has 0 spiro atoms. The van der Waals surface area contributed by atoms with Crippen LogP contribution in [-0.4, -0.2) is 32.7 Å². The van der Waals surface area contributed by atoms with E-state index in [1.807, 2.05) is 4.90 Å². The number of halogens is 2. The Balaban J connectivity index is 1.81. The number of ether oxygens (including phenoxy) is 2. The minimum absolute atomic E-state index is 0.147. The molecule has 1 amide bonds. The Bertz CT molecular complexity index is 859. The zero-order valence-electron chi connectivity index (χ0n) is 15.5. The molecule has 0 aliphatic carbocycles. The van der Waals surface area contributed by atoms with E-state index in [1.165, 1.54) is 20.3 Å². The third kappa shape index (κ3) is 4.11. The van der Waals surface area contributed by atoms with Gasteiger partial charge in [-0.05, 0) is 43.5 Å². The van der Waals surface area contributed by atoms with Gasteiger partial charge in [-0.2, -0.15) is 0 Å². The van der Waals surface area contributed by atoms with Crippen LogP contribution >= 0.6 is 11.6 Å². The van der Waals surface area contributed by atoms with Crippen molar-refractivity contribution in [1.82, 2.24) is 0 Å². The van der Waals surface area contributed by atoms with Crippen molar-refractivity contribution >= 4 is 28.9 Å². The van der Waals surface area contributed by atoms with Crippen molar-refractivity contribution in [1.29, 1.82) is 0 Å². The number of aryl methyl sites for hydroxylation is 1. The largest absolute Gasteiger partial charge is 0.495 e. The SMILES string of the molecule is COc1cc(NC(=O)CN2c3ccc(F)cc3CCC2C)c(OC)cc1Cl. The summed E-state index contributed by atoms with van der Waals surface area (Å²) >= 11 is 6.10. The lowest BCUT2D eigenvalue weighted by atomic mass is 9.96. The van der Waals surface area contributed by atoms with E-state index in [-0.39, 0.29) is 24.3 Å². The number of benzene rings is 2. The van der Waals surface area contributed by atoms with E-state index in [1.54, 1.807) is 24.3 Å². The number of amides is 1. The highest BCUT2D eigenvalue weighted by molar-refractivity contribution is 6.32. The molecule has 1 N–H and O–H groups in total. The number of rotatable bonds is 5. The molecule has 5 nitrogen and oxygen atoms in total. The molecule has 7 heteroatoms. The van der Waals surface area contributed by atoms with E-state index in [0.717, 1.165) is 24.1 Å². The first-order valence-electron chi connectivity index (χ1n) is 8.69. The predicted molar refractivity (Wildman–Crippen MR) is 105 cm³/mol. The Hall–Kier alpha value is -2.47. The molecule has 1 aliphatic rings. The summed E-state index contributed by atoms with van der Waals surface area (Å²) in [6.45, 7) is 2.21. The van der Waals surface area contributed by atoms with Gasteiger partial charge in [0.15, 0.2) is 0 Å². The van der Waals surface area contributed by atoms with Crippen LogP contribution in [0.4, 0.5) is 15.8 Å². The molecule has 0 aromatic heterocycles. The molecule has 3 rings (SSSR count). The Morgan fingerprint density at radius 2 is 2.00 bits per heavy atom. The minimum Gasteiger partial charge on any atom is -0.495 e. The van der Waals surface area contributed by atoms with E-state index in [4.69, 9.17) is 21.1 Å². The van der Waals surface area contributed by atoms with Crippen molar-refractivity contribution < 1.29 is 18.7 Å². The summed E-state index contributed by atoms with van der Waals surface area (Å²) in [5.74, 6) is 0.427. The smallest absolute Gasteiger partial charge is 0.244 e. The van der Waals surface area contributed by atoms with Gasteiger partial charge in [0.25, 0.3) is 0 Å². The van der Waals surface area contributed by atoms with Crippen molar-refractivity contribution in [3.63, 3.8) is 0 Å². The third-order valence-electron chi connectivity index (χ3n) is 4.78. The summed E-state index contributed by atoms with van der Waals surface area (Å²) in [7, 11) is 3.01. The molecule has 27 heavy (non-hydrogen) atoms. The molecule has 2 aromatic carbocycles. The van der Waals surface area contributed by atoms with Crippen LogP contribution in [0.5, 0.6) is 11.5 Å². The standard InChI is InChI=1S/C20H22ClFN2O3/c1-12-4-5-13-8-14(22)6-7-17(13)24(12)11-20(25)23-16-10-18(26-2)15(21)9-19(16)27-3/h6-10,12H,4-5,11H2,1-3H3,(H,23,25). The van der Waals surface area contributed by atoms with Gasteiger partial charge in [0.05, 0.1) is 31.5 Å². The highest BCUT2D eigenvalue weighted by Gasteiger charge is 2.25. The Kier molecular flexibility index (Phi) is 5.75. The van der Waals surface area contributed by atoms with E-state index in [0.29, 0.717) is 22.2 Å². The van der Waals surface area contributed by atoms with Crippen LogP contribution in [0.2, 0.25) is 5.02 Å². The van der Waals surface area contributed by atoms with Gasteiger partial charge in [-0.25, -0.2) is 4.39 Å². The number of carbonyl (C=O) groups excluding carboxylic acids is 1. The van der Waals surface area contributed by atoms with Crippen LogP contribution in [0.15, 0.2) is 30.3 Å². The number of nitrogens with one attached hydrogen (secondary N) is 1. The van der Waals surface area contributed by atoms with Crippen molar-refractivity contribution in [3.8, 4) is 11.5 Å². The number of fused-ring (bicyclic) bond motifs is 1. The monoisotopic (exact) mass is 392 g/mol. The van der Waals surface area contributed by atoms with E-state index in [2.05, 4.69) is 12.2 Å². The lowest BCUT2D eigenvalue weighted by Gasteiger charge is -2.36. The van der Waals surface area contributed by atoms with Crippen molar-refractivity contribution in [2.24, 2.45) is 0 Å². The highest BCUT2D eigenvalue weighted by atomic mass is 35.5. The molecule has 0 bridgehead atoms. The third-order valence-corrected chi connectivity index (χ3v) is 5.07. The molecule has 1 atom stereocenters. The van der Waals surface area contributed by atoms with E-state index < -0.39 is 0 Å². The molecule has 1 unspecified atom stereocenters. The van der Waals surface area contributed by atoms with Crippen molar-refractivity contribution in [2.45, 2.75) is 25.8 Å². The second kappa shape index (κ2) is 8.05. The molecule has 144 valence electrons. The van der Waals surface area contributed by atoms with Crippen LogP contribution < -0.4 is 19.7 Å². The predicted octanol–water partition coefficient (Wildman–Crippen LogP) is 4.28. The first-order valence-corrected chi connectivity index (χ1v) is 9.07. The van der Waals surface area contributed by atoms with Crippen molar-refractivity contribution in [2.75, 3.05) is 31.0 Å². The summed E-state index contributed by atoms with van der Waals surface area (Å²) in [4.78, 5) is 14.7. The number of carbonyl (C=O) groups is 1. The van der Waals surface area contributed by atoms with Crippen LogP contribution in [0.25, 0.3) is 0 Å². The zero-order valence-corrected chi connectivity index (χ0v) is 16.3. The van der Waals surface area contributed by atoms with Gasteiger partial charge in [0, 0.05) is 23.9 Å². The molecule has 0 radical (unpaired) electrons. The molecule has 0 fully saturated rings. The average molecular weight is 393 g/mol. The van der Waals surface area contributed by atoms with Crippen LogP contribution in [0.1, 0.15) is 18.9 Å². The summed E-state index contributed by atoms with van der Waals surface area (Å²) < 4.78 is 24.0. The maximum atomic E-state index is 13.5. The maximum absolute atomic E-state index is 13.5.